The molecule has 0 radical (unpaired) electrons. The highest BCUT2D eigenvalue weighted by Gasteiger charge is 2.18. The quantitative estimate of drug-likeness (QED) is 0.860. The summed E-state index contributed by atoms with van der Waals surface area (Å²) in [5, 5.41) is 9.22. The minimum Gasteiger partial charge on any atom is -0.478 e. The van der Waals surface area contributed by atoms with Crippen LogP contribution in [0.15, 0.2) is 46.9 Å². The van der Waals surface area contributed by atoms with Crippen LogP contribution < -0.4 is 4.90 Å². The largest absolute Gasteiger partial charge is 0.478 e. The molecule has 0 aliphatic carbocycles. The first-order valence-corrected chi connectivity index (χ1v) is 7.04. The lowest BCUT2D eigenvalue weighted by atomic mass is 9.98. The number of carbonyl (C=O) groups excluding carboxylic acids is 1. The van der Waals surface area contributed by atoms with Crippen LogP contribution in [0.25, 0.3) is 0 Å². The van der Waals surface area contributed by atoms with Crippen LogP contribution in [0.5, 0.6) is 0 Å². The summed E-state index contributed by atoms with van der Waals surface area (Å²) in [6.45, 7) is 0. The molecule has 2 rings (SSSR count). The molecule has 0 unspecified atom stereocenters. The first-order chi connectivity index (χ1) is 9.90. The summed E-state index contributed by atoms with van der Waals surface area (Å²) in [7, 11) is 3.82. The molecule has 0 aliphatic heterocycles. The van der Waals surface area contributed by atoms with Gasteiger partial charge in [-0.25, -0.2) is 4.79 Å². The third-order valence-electron chi connectivity index (χ3n) is 3.10. The number of carboxylic acid groups (broad SMARTS) is 1. The fourth-order valence-electron chi connectivity index (χ4n) is 1.96. The third kappa shape index (κ3) is 3.31. The molecule has 0 spiro atoms. The van der Waals surface area contributed by atoms with Gasteiger partial charge >= 0.3 is 5.97 Å². The van der Waals surface area contributed by atoms with Gasteiger partial charge in [0.15, 0.2) is 5.78 Å². The second-order valence-electron chi connectivity index (χ2n) is 4.77. The van der Waals surface area contributed by atoms with Gasteiger partial charge < -0.3 is 10.0 Å². The molecule has 0 atom stereocenters. The number of aromatic carboxylic acids is 1. The number of hydrogen-bond donors (Lipinski definition) is 1. The fraction of sp³-hybridized carbons (Fsp3) is 0.125. The van der Waals surface area contributed by atoms with Crippen LogP contribution in [-0.2, 0) is 0 Å². The van der Waals surface area contributed by atoms with Gasteiger partial charge in [-0.05, 0) is 42.5 Å². The van der Waals surface area contributed by atoms with Crippen molar-refractivity contribution in [1.29, 1.82) is 0 Å². The van der Waals surface area contributed by atoms with Crippen LogP contribution >= 0.6 is 15.9 Å². The van der Waals surface area contributed by atoms with Gasteiger partial charge in [-0.1, -0.05) is 15.9 Å². The summed E-state index contributed by atoms with van der Waals surface area (Å²) in [6, 6.07) is 11.7. The Morgan fingerprint density at radius 2 is 1.62 bits per heavy atom. The van der Waals surface area contributed by atoms with Gasteiger partial charge in [0.25, 0.3) is 0 Å². The van der Waals surface area contributed by atoms with Crippen molar-refractivity contribution in [2.45, 2.75) is 0 Å². The highest BCUT2D eigenvalue weighted by atomic mass is 79.9. The molecule has 0 heterocycles. The average Bonchev–Trinajstić information content (AvgIpc) is 2.46. The number of rotatable bonds is 4. The van der Waals surface area contributed by atoms with Crippen molar-refractivity contribution in [3.8, 4) is 0 Å². The zero-order valence-corrected chi connectivity index (χ0v) is 13.2. The van der Waals surface area contributed by atoms with E-state index in [0.717, 1.165) is 5.69 Å². The van der Waals surface area contributed by atoms with Gasteiger partial charge in [0.05, 0.1) is 5.56 Å². The van der Waals surface area contributed by atoms with Gasteiger partial charge in [-0.3, -0.25) is 4.79 Å². The number of nitrogens with zero attached hydrogens (tertiary/aromatic N) is 1. The maximum atomic E-state index is 12.5. The maximum absolute atomic E-state index is 12.5. The monoisotopic (exact) mass is 347 g/mol. The van der Waals surface area contributed by atoms with Crippen molar-refractivity contribution in [3.63, 3.8) is 0 Å². The Morgan fingerprint density at radius 1 is 1.00 bits per heavy atom. The zero-order valence-electron chi connectivity index (χ0n) is 11.6. The predicted molar refractivity (Wildman–Crippen MR) is 85.3 cm³/mol. The van der Waals surface area contributed by atoms with E-state index in [1.807, 2.05) is 31.1 Å². The van der Waals surface area contributed by atoms with Gasteiger partial charge in [0.2, 0.25) is 0 Å². The Morgan fingerprint density at radius 3 is 2.14 bits per heavy atom. The highest BCUT2D eigenvalue weighted by Crippen LogP contribution is 2.21. The number of carbonyl (C=O) groups is 2. The zero-order chi connectivity index (χ0) is 15.6. The van der Waals surface area contributed by atoms with Gasteiger partial charge in [-0.15, -0.1) is 0 Å². The number of halogens is 1. The van der Waals surface area contributed by atoms with E-state index in [1.54, 1.807) is 18.2 Å². The minimum atomic E-state index is -1.12. The van der Waals surface area contributed by atoms with Crippen molar-refractivity contribution in [3.05, 3.63) is 63.6 Å². The Labute approximate surface area is 131 Å². The number of carboxylic acids is 1. The molecular formula is C16H14BrNO3. The van der Waals surface area contributed by atoms with Crippen LogP contribution in [0.2, 0.25) is 0 Å². The first-order valence-electron chi connectivity index (χ1n) is 6.25. The molecule has 2 aromatic rings. The molecule has 21 heavy (non-hydrogen) atoms. The summed E-state index contributed by atoms with van der Waals surface area (Å²) in [5.41, 5.74) is 1.61. The van der Waals surface area contributed by atoms with Crippen molar-refractivity contribution in [2.75, 3.05) is 19.0 Å². The Bertz CT molecular complexity index is 693. The molecule has 2 aromatic carbocycles. The highest BCUT2D eigenvalue weighted by molar-refractivity contribution is 9.10. The predicted octanol–water partition coefficient (Wildman–Crippen LogP) is 3.44. The SMILES string of the molecule is CN(C)c1ccc(C(=O)c2ccc(Br)cc2C(=O)O)cc1. The lowest BCUT2D eigenvalue weighted by Gasteiger charge is -2.12. The van der Waals surface area contributed by atoms with Crippen LogP contribution in [0.4, 0.5) is 5.69 Å². The Balaban J connectivity index is 2.42. The van der Waals surface area contributed by atoms with Crippen molar-refractivity contribution in [1.82, 2.24) is 0 Å². The van der Waals surface area contributed by atoms with Crippen LogP contribution in [0.1, 0.15) is 26.3 Å². The topological polar surface area (TPSA) is 57.6 Å². The van der Waals surface area contributed by atoms with E-state index < -0.39 is 5.97 Å². The molecule has 5 heteroatoms. The lowest BCUT2D eigenvalue weighted by molar-refractivity contribution is 0.0692. The molecule has 0 saturated heterocycles. The fourth-order valence-corrected chi connectivity index (χ4v) is 2.32. The van der Waals surface area contributed by atoms with E-state index in [4.69, 9.17) is 0 Å². The normalized spacial score (nSPS) is 10.2. The van der Waals surface area contributed by atoms with E-state index in [9.17, 15) is 14.7 Å². The van der Waals surface area contributed by atoms with E-state index in [0.29, 0.717) is 10.0 Å². The van der Waals surface area contributed by atoms with Gasteiger partial charge in [-0.2, -0.15) is 0 Å². The lowest BCUT2D eigenvalue weighted by Crippen LogP contribution is -2.11. The second-order valence-corrected chi connectivity index (χ2v) is 5.68. The first kappa shape index (κ1) is 15.3. The van der Waals surface area contributed by atoms with Crippen LogP contribution in [-0.4, -0.2) is 31.0 Å². The molecule has 0 saturated carbocycles. The standard InChI is InChI=1S/C16H14BrNO3/c1-18(2)12-6-3-10(4-7-12)15(19)13-8-5-11(17)9-14(13)16(20)21/h3-9H,1-2H3,(H,20,21). The van der Waals surface area contributed by atoms with E-state index >= 15 is 0 Å². The minimum absolute atomic E-state index is 0.00828. The average molecular weight is 348 g/mol. The second kappa shape index (κ2) is 6.10. The number of benzene rings is 2. The molecule has 0 aliphatic rings. The molecule has 0 bridgehead atoms. The van der Waals surface area contributed by atoms with Gasteiger partial charge in [0.1, 0.15) is 0 Å². The third-order valence-corrected chi connectivity index (χ3v) is 3.60. The van der Waals surface area contributed by atoms with Crippen molar-refractivity contribution < 1.29 is 14.7 Å². The van der Waals surface area contributed by atoms with Gasteiger partial charge in [0, 0.05) is 35.4 Å². The smallest absolute Gasteiger partial charge is 0.336 e. The van der Waals surface area contributed by atoms with Crippen molar-refractivity contribution >= 4 is 33.4 Å². The summed E-state index contributed by atoms with van der Waals surface area (Å²) in [4.78, 5) is 25.7. The van der Waals surface area contributed by atoms with Crippen LogP contribution in [0, 0.1) is 0 Å². The molecule has 1 N–H and O–H groups in total. The summed E-state index contributed by atoms with van der Waals surface area (Å²) < 4.78 is 0.624. The number of anilines is 1. The Hall–Kier alpha value is -2.14. The Kier molecular flexibility index (Phi) is 4.43. The van der Waals surface area contributed by atoms with Crippen LogP contribution in [0.3, 0.4) is 0 Å². The van der Waals surface area contributed by atoms with E-state index in [2.05, 4.69) is 15.9 Å². The van der Waals surface area contributed by atoms with E-state index in [1.165, 1.54) is 12.1 Å². The van der Waals surface area contributed by atoms with E-state index in [-0.39, 0.29) is 16.9 Å². The summed E-state index contributed by atoms with van der Waals surface area (Å²) in [5.74, 6) is -1.42. The molecule has 0 amide bonds. The summed E-state index contributed by atoms with van der Waals surface area (Å²) >= 11 is 3.22. The van der Waals surface area contributed by atoms with Crippen molar-refractivity contribution in [2.24, 2.45) is 0 Å². The number of hydrogen-bond acceptors (Lipinski definition) is 3. The number of ketones is 1. The summed E-state index contributed by atoms with van der Waals surface area (Å²) in [6.07, 6.45) is 0. The molecule has 4 nitrogen and oxygen atoms in total. The molecule has 0 fully saturated rings. The maximum Gasteiger partial charge on any atom is 0.336 e. The molecular weight excluding hydrogens is 334 g/mol. The molecule has 108 valence electrons. The molecule has 0 aromatic heterocycles.